The lowest BCUT2D eigenvalue weighted by atomic mass is 10.1. The molecule has 0 amide bonds. The van der Waals surface area contributed by atoms with E-state index in [-0.39, 0.29) is 6.04 Å². The van der Waals surface area contributed by atoms with Gasteiger partial charge in [-0.1, -0.05) is 41.4 Å². The van der Waals surface area contributed by atoms with Crippen LogP contribution in [0.25, 0.3) is 11.0 Å². The SMILES string of the molecule is Cc1cccc2[nH]c(=S)n(C(C)c3ccc(Cl)cc3Cl)c12. The fourth-order valence-corrected chi connectivity index (χ4v) is 3.63. The first-order valence-electron chi connectivity index (χ1n) is 6.64. The molecule has 0 aliphatic carbocycles. The van der Waals surface area contributed by atoms with Gasteiger partial charge in [-0.3, -0.25) is 0 Å². The third-order valence-electron chi connectivity index (χ3n) is 3.74. The van der Waals surface area contributed by atoms with E-state index >= 15 is 0 Å². The number of imidazole rings is 1. The first kappa shape index (κ1) is 14.6. The van der Waals surface area contributed by atoms with Crippen molar-refractivity contribution in [2.75, 3.05) is 0 Å². The molecule has 2 nitrogen and oxygen atoms in total. The summed E-state index contributed by atoms with van der Waals surface area (Å²) >= 11 is 17.8. The van der Waals surface area contributed by atoms with Gasteiger partial charge in [0, 0.05) is 10.0 Å². The molecule has 0 spiro atoms. The van der Waals surface area contributed by atoms with Gasteiger partial charge in [-0.15, -0.1) is 0 Å². The Labute approximate surface area is 138 Å². The van der Waals surface area contributed by atoms with Gasteiger partial charge < -0.3 is 9.55 Å². The zero-order valence-corrected chi connectivity index (χ0v) is 14.0. The number of hydrogen-bond acceptors (Lipinski definition) is 1. The van der Waals surface area contributed by atoms with E-state index in [1.165, 1.54) is 5.56 Å². The second kappa shape index (κ2) is 5.48. The highest BCUT2D eigenvalue weighted by atomic mass is 35.5. The molecule has 0 aliphatic heterocycles. The van der Waals surface area contributed by atoms with Gasteiger partial charge in [0.15, 0.2) is 4.77 Å². The van der Waals surface area contributed by atoms with Crippen molar-refractivity contribution in [1.29, 1.82) is 0 Å². The van der Waals surface area contributed by atoms with Crippen LogP contribution in [0.5, 0.6) is 0 Å². The summed E-state index contributed by atoms with van der Waals surface area (Å²) in [5.41, 5.74) is 4.33. The van der Waals surface area contributed by atoms with Gasteiger partial charge in [0.05, 0.1) is 17.1 Å². The van der Waals surface area contributed by atoms with Crippen LogP contribution in [0.1, 0.15) is 24.1 Å². The normalized spacial score (nSPS) is 12.8. The van der Waals surface area contributed by atoms with Gasteiger partial charge in [0.2, 0.25) is 0 Å². The number of nitrogens with one attached hydrogen (secondary N) is 1. The minimum atomic E-state index is 0.0251. The van der Waals surface area contributed by atoms with Crippen LogP contribution in [-0.2, 0) is 0 Å². The van der Waals surface area contributed by atoms with Crippen LogP contribution in [0.15, 0.2) is 36.4 Å². The molecule has 1 atom stereocenters. The predicted octanol–water partition coefficient (Wildman–Crippen LogP) is 5.92. The Balaban J connectivity index is 2.24. The summed E-state index contributed by atoms with van der Waals surface area (Å²) < 4.78 is 2.80. The number of nitrogens with zero attached hydrogens (tertiary/aromatic N) is 1. The maximum absolute atomic E-state index is 6.34. The van der Waals surface area contributed by atoms with Gasteiger partial charge in [-0.05, 0) is 55.4 Å². The molecule has 108 valence electrons. The predicted molar refractivity (Wildman–Crippen MR) is 92.1 cm³/mol. The van der Waals surface area contributed by atoms with Crippen molar-refractivity contribution >= 4 is 46.5 Å². The lowest BCUT2D eigenvalue weighted by Crippen LogP contribution is -2.08. The van der Waals surface area contributed by atoms with Crippen molar-refractivity contribution in [3.8, 4) is 0 Å². The van der Waals surface area contributed by atoms with E-state index in [2.05, 4.69) is 29.5 Å². The van der Waals surface area contributed by atoms with Crippen LogP contribution in [0, 0.1) is 11.7 Å². The van der Waals surface area contributed by atoms with E-state index in [1.54, 1.807) is 6.07 Å². The lowest BCUT2D eigenvalue weighted by molar-refractivity contribution is 0.648. The van der Waals surface area contributed by atoms with Crippen molar-refractivity contribution in [2.45, 2.75) is 19.9 Å². The third-order valence-corrected chi connectivity index (χ3v) is 4.60. The summed E-state index contributed by atoms with van der Waals surface area (Å²) in [5.74, 6) is 0. The number of benzene rings is 2. The van der Waals surface area contributed by atoms with Gasteiger partial charge in [0.1, 0.15) is 0 Å². The molecule has 21 heavy (non-hydrogen) atoms. The van der Waals surface area contributed by atoms with Crippen LogP contribution in [-0.4, -0.2) is 9.55 Å². The second-order valence-electron chi connectivity index (χ2n) is 5.11. The number of aromatic amines is 1. The van der Waals surface area contributed by atoms with E-state index in [0.29, 0.717) is 14.8 Å². The van der Waals surface area contributed by atoms with Gasteiger partial charge in [0.25, 0.3) is 0 Å². The summed E-state index contributed by atoms with van der Waals surface area (Å²) in [6.45, 7) is 4.17. The smallest absolute Gasteiger partial charge is 0.178 e. The Bertz CT molecular complexity index is 880. The molecule has 5 heteroatoms. The largest absolute Gasteiger partial charge is 0.331 e. The lowest BCUT2D eigenvalue weighted by Gasteiger charge is -2.17. The molecule has 0 radical (unpaired) electrons. The number of aromatic nitrogens is 2. The molecular weight excluding hydrogens is 323 g/mol. The minimum Gasteiger partial charge on any atom is -0.331 e. The number of fused-ring (bicyclic) bond motifs is 1. The Hall–Kier alpha value is -1.29. The second-order valence-corrected chi connectivity index (χ2v) is 6.34. The van der Waals surface area contributed by atoms with Gasteiger partial charge in [-0.25, -0.2) is 0 Å². The highest BCUT2D eigenvalue weighted by Crippen LogP contribution is 2.31. The monoisotopic (exact) mass is 336 g/mol. The fourth-order valence-electron chi connectivity index (χ4n) is 2.71. The Morgan fingerprint density at radius 3 is 2.67 bits per heavy atom. The van der Waals surface area contributed by atoms with Crippen LogP contribution in [0.3, 0.4) is 0 Å². The quantitative estimate of drug-likeness (QED) is 0.575. The van der Waals surface area contributed by atoms with Crippen molar-refractivity contribution in [1.82, 2.24) is 9.55 Å². The number of halogens is 2. The van der Waals surface area contributed by atoms with Crippen LogP contribution in [0.4, 0.5) is 0 Å². The Kier molecular flexibility index (Phi) is 3.82. The molecule has 0 saturated heterocycles. The molecule has 3 aromatic rings. The van der Waals surface area contributed by atoms with E-state index < -0.39 is 0 Å². The Morgan fingerprint density at radius 1 is 1.19 bits per heavy atom. The molecule has 0 fully saturated rings. The molecule has 0 saturated carbocycles. The number of H-pyrrole nitrogens is 1. The van der Waals surface area contributed by atoms with Gasteiger partial charge in [-0.2, -0.15) is 0 Å². The number of hydrogen-bond donors (Lipinski definition) is 1. The van der Waals surface area contributed by atoms with Crippen LogP contribution < -0.4 is 0 Å². The fraction of sp³-hybridized carbons (Fsp3) is 0.188. The zero-order valence-electron chi connectivity index (χ0n) is 11.7. The van der Waals surface area contributed by atoms with Crippen molar-refractivity contribution < 1.29 is 0 Å². The first-order chi connectivity index (χ1) is 9.99. The molecule has 3 rings (SSSR count). The van der Waals surface area contributed by atoms with Crippen molar-refractivity contribution in [3.63, 3.8) is 0 Å². The minimum absolute atomic E-state index is 0.0251. The van der Waals surface area contributed by atoms with E-state index in [0.717, 1.165) is 16.6 Å². The molecule has 1 N–H and O–H groups in total. The topological polar surface area (TPSA) is 20.7 Å². The average Bonchev–Trinajstić information content (AvgIpc) is 2.75. The summed E-state index contributed by atoms with van der Waals surface area (Å²) in [7, 11) is 0. The average molecular weight is 337 g/mol. The molecular formula is C16H14Cl2N2S. The van der Waals surface area contributed by atoms with Crippen molar-refractivity contribution in [3.05, 3.63) is 62.3 Å². The van der Waals surface area contributed by atoms with Crippen LogP contribution in [0.2, 0.25) is 10.0 Å². The number of aryl methyl sites for hydroxylation is 1. The number of rotatable bonds is 2. The summed E-state index contributed by atoms with van der Waals surface area (Å²) in [6.07, 6.45) is 0. The molecule has 0 bridgehead atoms. The van der Waals surface area contributed by atoms with Gasteiger partial charge >= 0.3 is 0 Å². The first-order valence-corrected chi connectivity index (χ1v) is 7.80. The zero-order chi connectivity index (χ0) is 15.1. The summed E-state index contributed by atoms with van der Waals surface area (Å²) in [5, 5.41) is 1.29. The third kappa shape index (κ3) is 2.50. The van der Waals surface area contributed by atoms with Crippen LogP contribution >= 0.6 is 35.4 Å². The van der Waals surface area contributed by atoms with E-state index in [9.17, 15) is 0 Å². The van der Waals surface area contributed by atoms with E-state index in [4.69, 9.17) is 35.4 Å². The summed E-state index contributed by atoms with van der Waals surface area (Å²) in [4.78, 5) is 3.26. The molecule has 1 heterocycles. The van der Waals surface area contributed by atoms with Crippen molar-refractivity contribution in [2.24, 2.45) is 0 Å². The highest BCUT2D eigenvalue weighted by Gasteiger charge is 2.17. The highest BCUT2D eigenvalue weighted by molar-refractivity contribution is 7.71. The Morgan fingerprint density at radius 2 is 1.95 bits per heavy atom. The summed E-state index contributed by atoms with van der Waals surface area (Å²) in [6, 6.07) is 11.7. The standard InChI is InChI=1S/C16H14Cl2N2S/c1-9-4-3-5-14-15(9)20(16(21)19-14)10(2)12-7-6-11(17)8-13(12)18/h3-8,10H,1-2H3,(H,19,21). The molecule has 2 aromatic carbocycles. The molecule has 1 aromatic heterocycles. The molecule has 1 unspecified atom stereocenters. The van der Waals surface area contributed by atoms with E-state index in [1.807, 2.05) is 24.3 Å². The maximum Gasteiger partial charge on any atom is 0.178 e. The molecule has 0 aliphatic rings. The maximum atomic E-state index is 6.34. The number of para-hydroxylation sites is 1.